The fourth-order valence-corrected chi connectivity index (χ4v) is 2.75. The second kappa shape index (κ2) is 6.46. The highest BCUT2D eigenvalue weighted by Crippen LogP contribution is 2.38. The highest BCUT2D eigenvalue weighted by atomic mass is 16.5. The summed E-state index contributed by atoms with van der Waals surface area (Å²) in [5.41, 5.74) is 2.27. The Morgan fingerprint density at radius 1 is 1.20 bits per heavy atom. The molecular formula is C16H20O4. The molecule has 108 valence electrons. The van der Waals surface area contributed by atoms with Crippen LogP contribution in [-0.2, 0) is 4.79 Å². The van der Waals surface area contributed by atoms with E-state index in [0.29, 0.717) is 5.92 Å². The largest absolute Gasteiger partial charge is 0.493 e. The van der Waals surface area contributed by atoms with Crippen molar-refractivity contribution in [2.75, 3.05) is 14.2 Å². The van der Waals surface area contributed by atoms with Crippen molar-refractivity contribution in [1.82, 2.24) is 0 Å². The first kappa shape index (κ1) is 14.4. The monoisotopic (exact) mass is 276 g/mol. The summed E-state index contributed by atoms with van der Waals surface area (Å²) in [6.45, 7) is 0. The van der Waals surface area contributed by atoms with Crippen LogP contribution in [0, 0.1) is 0 Å². The number of aliphatic carboxylic acids is 1. The Bertz CT molecular complexity index is 509. The lowest BCUT2D eigenvalue weighted by Gasteiger charge is -2.24. The van der Waals surface area contributed by atoms with Crippen LogP contribution in [0.15, 0.2) is 29.8 Å². The van der Waals surface area contributed by atoms with Crippen molar-refractivity contribution in [3.05, 3.63) is 35.4 Å². The molecule has 1 aliphatic carbocycles. The normalized spacial score (nSPS) is 18.5. The highest BCUT2D eigenvalue weighted by Gasteiger charge is 2.20. The van der Waals surface area contributed by atoms with Crippen LogP contribution in [0.2, 0.25) is 0 Å². The number of hydrogen-bond acceptors (Lipinski definition) is 3. The summed E-state index contributed by atoms with van der Waals surface area (Å²) in [6, 6.07) is 6.02. The molecule has 0 heterocycles. The van der Waals surface area contributed by atoms with Crippen molar-refractivity contribution in [3.8, 4) is 11.5 Å². The Morgan fingerprint density at radius 2 is 1.85 bits per heavy atom. The van der Waals surface area contributed by atoms with Crippen LogP contribution < -0.4 is 9.47 Å². The first-order chi connectivity index (χ1) is 9.63. The third kappa shape index (κ3) is 3.32. The molecule has 20 heavy (non-hydrogen) atoms. The average molecular weight is 276 g/mol. The molecule has 0 bridgehead atoms. The van der Waals surface area contributed by atoms with Crippen molar-refractivity contribution in [1.29, 1.82) is 0 Å². The molecule has 0 saturated heterocycles. The van der Waals surface area contributed by atoms with Gasteiger partial charge in [-0.1, -0.05) is 11.6 Å². The topological polar surface area (TPSA) is 55.8 Å². The molecule has 1 aromatic carbocycles. The number of ether oxygens (including phenoxy) is 2. The van der Waals surface area contributed by atoms with E-state index in [4.69, 9.17) is 14.6 Å². The van der Waals surface area contributed by atoms with E-state index in [9.17, 15) is 4.79 Å². The Labute approximate surface area is 119 Å². The van der Waals surface area contributed by atoms with E-state index in [2.05, 4.69) is 6.07 Å². The summed E-state index contributed by atoms with van der Waals surface area (Å²) in [4.78, 5) is 10.7. The molecule has 1 N–H and O–H groups in total. The standard InChI is InChI=1S/C16H20O4/c1-19-14-8-7-13(10-15(14)20-2)12-5-3-11(4-6-12)9-16(17)18/h7-10,12H,3-6H2,1-2H3,(H,17,18). The maximum atomic E-state index is 10.7. The van der Waals surface area contributed by atoms with Gasteiger partial charge in [-0.05, 0) is 49.3 Å². The summed E-state index contributed by atoms with van der Waals surface area (Å²) in [5, 5.41) is 8.77. The molecule has 0 amide bonds. The van der Waals surface area contributed by atoms with Gasteiger partial charge in [-0.15, -0.1) is 0 Å². The molecule has 1 aliphatic rings. The van der Waals surface area contributed by atoms with Gasteiger partial charge in [-0.2, -0.15) is 0 Å². The van der Waals surface area contributed by atoms with Gasteiger partial charge in [0.25, 0.3) is 0 Å². The number of allylic oxidation sites excluding steroid dienone is 1. The van der Waals surface area contributed by atoms with Crippen LogP contribution in [0.1, 0.15) is 37.2 Å². The van der Waals surface area contributed by atoms with E-state index in [-0.39, 0.29) is 0 Å². The quantitative estimate of drug-likeness (QED) is 0.857. The van der Waals surface area contributed by atoms with Gasteiger partial charge in [-0.3, -0.25) is 0 Å². The Hall–Kier alpha value is -1.97. The smallest absolute Gasteiger partial charge is 0.328 e. The summed E-state index contributed by atoms with van der Waals surface area (Å²) in [6.07, 6.45) is 5.02. The molecule has 0 radical (unpaired) electrons. The maximum Gasteiger partial charge on any atom is 0.328 e. The molecule has 1 aromatic rings. The molecule has 2 rings (SSSR count). The van der Waals surface area contributed by atoms with Gasteiger partial charge >= 0.3 is 5.97 Å². The molecule has 0 aliphatic heterocycles. The predicted octanol–water partition coefficient (Wildman–Crippen LogP) is 3.37. The van der Waals surface area contributed by atoms with Gasteiger partial charge in [-0.25, -0.2) is 4.79 Å². The Morgan fingerprint density at radius 3 is 2.40 bits per heavy atom. The average Bonchev–Trinajstić information content (AvgIpc) is 2.46. The summed E-state index contributed by atoms with van der Waals surface area (Å²) >= 11 is 0. The molecule has 1 saturated carbocycles. The fourth-order valence-electron chi connectivity index (χ4n) is 2.75. The first-order valence-electron chi connectivity index (χ1n) is 6.78. The molecule has 1 fully saturated rings. The van der Waals surface area contributed by atoms with Gasteiger partial charge in [0.15, 0.2) is 11.5 Å². The molecule has 4 nitrogen and oxygen atoms in total. The zero-order chi connectivity index (χ0) is 14.5. The molecule has 0 spiro atoms. The number of carbonyl (C=O) groups is 1. The Balaban J connectivity index is 2.09. The third-order valence-electron chi connectivity index (χ3n) is 3.83. The summed E-state index contributed by atoms with van der Waals surface area (Å²) in [5.74, 6) is 1.10. The summed E-state index contributed by atoms with van der Waals surface area (Å²) in [7, 11) is 3.26. The molecule has 4 heteroatoms. The molecule has 0 aromatic heterocycles. The van der Waals surface area contributed by atoms with Crippen molar-refractivity contribution in [2.45, 2.75) is 31.6 Å². The number of carboxylic acid groups (broad SMARTS) is 1. The fraction of sp³-hybridized carbons (Fsp3) is 0.438. The van der Waals surface area contributed by atoms with Crippen molar-refractivity contribution in [3.63, 3.8) is 0 Å². The minimum atomic E-state index is -0.843. The van der Waals surface area contributed by atoms with Crippen LogP contribution in [0.3, 0.4) is 0 Å². The van der Waals surface area contributed by atoms with Gasteiger partial charge in [0.05, 0.1) is 14.2 Å². The van der Waals surface area contributed by atoms with E-state index in [0.717, 1.165) is 42.8 Å². The number of benzene rings is 1. The minimum Gasteiger partial charge on any atom is -0.493 e. The Kier molecular flexibility index (Phi) is 4.66. The SMILES string of the molecule is COc1ccc(C2CCC(=CC(=O)O)CC2)cc1OC. The van der Waals surface area contributed by atoms with Gasteiger partial charge < -0.3 is 14.6 Å². The lowest BCUT2D eigenvalue weighted by atomic mass is 9.81. The maximum absolute atomic E-state index is 10.7. The van der Waals surface area contributed by atoms with Crippen molar-refractivity contribution in [2.24, 2.45) is 0 Å². The van der Waals surface area contributed by atoms with Crippen molar-refractivity contribution >= 4 is 5.97 Å². The summed E-state index contributed by atoms with van der Waals surface area (Å²) < 4.78 is 10.6. The van der Waals surface area contributed by atoms with Crippen LogP contribution in [0.25, 0.3) is 0 Å². The highest BCUT2D eigenvalue weighted by molar-refractivity contribution is 5.80. The van der Waals surface area contributed by atoms with Gasteiger partial charge in [0, 0.05) is 6.08 Å². The lowest BCUT2D eigenvalue weighted by Crippen LogP contribution is -2.08. The second-order valence-electron chi connectivity index (χ2n) is 5.03. The first-order valence-corrected chi connectivity index (χ1v) is 6.78. The van der Waals surface area contributed by atoms with E-state index >= 15 is 0 Å². The third-order valence-corrected chi connectivity index (χ3v) is 3.83. The van der Waals surface area contributed by atoms with Crippen LogP contribution in [0.5, 0.6) is 11.5 Å². The van der Waals surface area contributed by atoms with E-state index < -0.39 is 5.97 Å². The van der Waals surface area contributed by atoms with Crippen LogP contribution in [-0.4, -0.2) is 25.3 Å². The van der Waals surface area contributed by atoms with Gasteiger partial charge in [0.1, 0.15) is 0 Å². The number of rotatable bonds is 4. The predicted molar refractivity (Wildman–Crippen MR) is 76.5 cm³/mol. The number of hydrogen-bond donors (Lipinski definition) is 1. The minimum absolute atomic E-state index is 0.459. The molecule has 0 unspecified atom stereocenters. The zero-order valence-electron chi connectivity index (χ0n) is 11.9. The van der Waals surface area contributed by atoms with Crippen molar-refractivity contribution < 1.29 is 19.4 Å². The van der Waals surface area contributed by atoms with Crippen LogP contribution >= 0.6 is 0 Å². The van der Waals surface area contributed by atoms with Crippen LogP contribution in [0.4, 0.5) is 0 Å². The van der Waals surface area contributed by atoms with E-state index in [1.807, 2.05) is 12.1 Å². The number of carboxylic acids is 1. The molecule has 0 atom stereocenters. The number of methoxy groups -OCH3 is 2. The van der Waals surface area contributed by atoms with E-state index in [1.54, 1.807) is 14.2 Å². The van der Waals surface area contributed by atoms with E-state index in [1.165, 1.54) is 11.6 Å². The zero-order valence-corrected chi connectivity index (χ0v) is 11.9. The molecular weight excluding hydrogens is 256 g/mol. The lowest BCUT2D eigenvalue weighted by molar-refractivity contribution is -0.131. The van der Waals surface area contributed by atoms with Gasteiger partial charge in [0.2, 0.25) is 0 Å². The second-order valence-corrected chi connectivity index (χ2v) is 5.03.